The molecule has 18 heavy (non-hydrogen) atoms. The van der Waals surface area contributed by atoms with E-state index in [-0.39, 0.29) is 23.5 Å². The van der Waals surface area contributed by atoms with Gasteiger partial charge in [0.25, 0.3) is 0 Å². The number of halogens is 2. The van der Waals surface area contributed by atoms with Gasteiger partial charge in [-0.1, -0.05) is 51.6 Å². The summed E-state index contributed by atoms with van der Waals surface area (Å²) in [5, 5.41) is 0. The van der Waals surface area contributed by atoms with Gasteiger partial charge in [0.05, 0.1) is 5.92 Å². The van der Waals surface area contributed by atoms with Crippen molar-refractivity contribution in [2.24, 2.45) is 17.8 Å². The minimum atomic E-state index is -0.826. The van der Waals surface area contributed by atoms with Gasteiger partial charge in [-0.3, -0.25) is 4.79 Å². The Kier molecular flexibility index (Phi) is 4.37. The van der Waals surface area contributed by atoms with Crippen LogP contribution in [0.15, 0.2) is 8.96 Å². The first-order valence-corrected chi connectivity index (χ1v) is 7.82. The van der Waals surface area contributed by atoms with Crippen LogP contribution < -0.4 is 0 Å². The van der Waals surface area contributed by atoms with Crippen molar-refractivity contribution in [3.8, 4) is 0 Å². The molecule has 0 amide bonds. The number of hydrogen-bond acceptors (Lipinski definition) is 3. The Balaban J connectivity index is 2.39. The Bertz CT molecular complexity index is 388. The van der Waals surface area contributed by atoms with Gasteiger partial charge < -0.3 is 9.47 Å². The average molecular weight is 382 g/mol. The number of rotatable bonds is 5. The predicted octanol–water partition coefficient (Wildman–Crippen LogP) is 3.61. The van der Waals surface area contributed by atoms with Crippen LogP contribution in [0.2, 0.25) is 0 Å². The molecule has 2 aliphatic rings. The van der Waals surface area contributed by atoms with E-state index in [1.54, 1.807) is 14.2 Å². The molecule has 1 saturated carbocycles. The van der Waals surface area contributed by atoms with Crippen LogP contribution in [-0.2, 0) is 14.3 Å². The van der Waals surface area contributed by atoms with E-state index in [1.165, 1.54) is 0 Å². The lowest BCUT2D eigenvalue weighted by Crippen LogP contribution is -2.41. The summed E-state index contributed by atoms with van der Waals surface area (Å²) in [6.07, 6.45) is 3.05. The first-order valence-electron chi connectivity index (χ1n) is 6.24. The van der Waals surface area contributed by atoms with Gasteiger partial charge in [0.1, 0.15) is 11.7 Å². The topological polar surface area (TPSA) is 35.5 Å². The molecule has 3 atom stereocenters. The molecular weight excluding hydrogens is 364 g/mol. The van der Waals surface area contributed by atoms with Crippen LogP contribution in [0.25, 0.3) is 0 Å². The SMILES string of the molecule is CCCC[C@@H]1C(=O)[C@@H]2C(Br)=C(Br)[C@H]1C2(OC)OC. The average Bonchev–Trinajstić information content (AvgIpc) is 2.74. The molecule has 1 fully saturated rings. The number of ketones is 1. The summed E-state index contributed by atoms with van der Waals surface area (Å²) >= 11 is 7.10. The second kappa shape index (κ2) is 5.35. The Morgan fingerprint density at radius 3 is 2.28 bits per heavy atom. The van der Waals surface area contributed by atoms with Crippen molar-refractivity contribution in [2.45, 2.75) is 32.0 Å². The van der Waals surface area contributed by atoms with Crippen molar-refractivity contribution >= 4 is 37.6 Å². The molecule has 102 valence electrons. The van der Waals surface area contributed by atoms with Crippen LogP contribution in [0.5, 0.6) is 0 Å². The van der Waals surface area contributed by atoms with Crippen molar-refractivity contribution in [1.82, 2.24) is 0 Å². The zero-order chi connectivity index (χ0) is 13.5. The van der Waals surface area contributed by atoms with Crippen molar-refractivity contribution in [3.63, 3.8) is 0 Å². The van der Waals surface area contributed by atoms with Gasteiger partial charge in [0, 0.05) is 29.1 Å². The molecule has 0 aromatic heterocycles. The standard InChI is InChI=1S/C13H18Br2O3/c1-4-5-6-7-8-10(14)11(15)9(12(7)16)13(8,17-2)18-3/h7-9H,4-6H2,1-3H3/t7-,8-,9-/m0/s1. The molecular formula is C13H18Br2O3. The fourth-order valence-corrected chi connectivity index (χ4v) is 4.94. The van der Waals surface area contributed by atoms with Gasteiger partial charge in [-0.2, -0.15) is 0 Å². The minimum absolute atomic E-state index is 0.00512. The monoisotopic (exact) mass is 380 g/mol. The largest absolute Gasteiger partial charge is 0.351 e. The molecule has 0 N–H and O–H groups in total. The van der Waals surface area contributed by atoms with Crippen molar-refractivity contribution in [3.05, 3.63) is 8.96 Å². The number of Topliss-reactive ketones (excluding diaryl/α,β-unsaturated/α-hetero) is 1. The summed E-state index contributed by atoms with van der Waals surface area (Å²) in [6.45, 7) is 2.14. The van der Waals surface area contributed by atoms with Gasteiger partial charge in [-0.15, -0.1) is 0 Å². The fraction of sp³-hybridized carbons (Fsp3) is 0.769. The van der Waals surface area contributed by atoms with Crippen molar-refractivity contribution < 1.29 is 14.3 Å². The molecule has 0 aromatic rings. The quantitative estimate of drug-likeness (QED) is 0.682. The normalized spacial score (nSPS) is 33.6. The van der Waals surface area contributed by atoms with Crippen LogP contribution in [0, 0.1) is 17.8 Å². The van der Waals surface area contributed by atoms with E-state index in [1.807, 2.05) is 0 Å². The minimum Gasteiger partial charge on any atom is -0.351 e. The predicted molar refractivity (Wildman–Crippen MR) is 76.6 cm³/mol. The number of ether oxygens (including phenoxy) is 2. The van der Waals surface area contributed by atoms with E-state index in [0.29, 0.717) is 0 Å². The Labute approximate surface area is 125 Å². The second-order valence-corrected chi connectivity index (χ2v) is 6.60. The Morgan fingerprint density at radius 1 is 1.22 bits per heavy atom. The van der Waals surface area contributed by atoms with Crippen molar-refractivity contribution in [2.75, 3.05) is 14.2 Å². The summed E-state index contributed by atoms with van der Waals surface area (Å²) in [7, 11) is 3.23. The van der Waals surface area contributed by atoms with Crippen molar-refractivity contribution in [1.29, 1.82) is 0 Å². The smallest absolute Gasteiger partial charge is 0.190 e. The van der Waals surface area contributed by atoms with Crippen LogP contribution >= 0.6 is 31.9 Å². The van der Waals surface area contributed by atoms with E-state index in [4.69, 9.17) is 9.47 Å². The maximum Gasteiger partial charge on any atom is 0.190 e. The van der Waals surface area contributed by atoms with E-state index < -0.39 is 5.79 Å². The first kappa shape index (κ1) is 14.7. The first-order chi connectivity index (χ1) is 8.55. The lowest BCUT2D eigenvalue weighted by molar-refractivity contribution is -0.232. The summed E-state index contributed by atoms with van der Waals surface area (Å²) in [5.41, 5.74) is 0. The number of carbonyl (C=O) groups excluding carboxylic acids is 1. The number of hydrogen-bond donors (Lipinski definition) is 0. The molecule has 3 nitrogen and oxygen atoms in total. The van der Waals surface area contributed by atoms with Crippen LogP contribution in [0.4, 0.5) is 0 Å². The molecule has 0 unspecified atom stereocenters. The number of carbonyl (C=O) groups is 1. The third kappa shape index (κ3) is 1.78. The molecule has 0 aromatic carbocycles. The van der Waals surface area contributed by atoms with Crippen LogP contribution in [0.3, 0.4) is 0 Å². The Morgan fingerprint density at radius 2 is 1.83 bits per heavy atom. The highest BCUT2D eigenvalue weighted by Crippen LogP contribution is 2.62. The number of fused-ring (bicyclic) bond motifs is 2. The maximum atomic E-state index is 12.5. The summed E-state index contributed by atoms with van der Waals surface area (Å²) in [6, 6.07) is 0. The zero-order valence-corrected chi connectivity index (χ0v) is 14.0. The third-order valence-corrected chi connectivity index (χ3v) is 6.49. The summed E-state index contributed by atoms with van der Waals surface area (Å²) < 4.78 is 13.1. The van der Waals surface area contributed by atoms with E-state index in [2.05, 4.69) is 38.8 Å². The van der Waals surface area contributed by atoms with Crippen LogP contribution in [0.1, 0.15) is 26.2 Å². The molecule has 5 heteroatoms. The molecule has 0 radical (unpaired) electrons. The highest BCUT2D eigenvalue weighted by molar-refractivity contribution is 9.14. The van der Waals surface area contributed by atoms with Gasteiger partial charge >= 0.3 is 0 Å². The van der Waals surface area contributed by atoms with E-state index >= 15 is 0 Å². The molecule has 0 spiro atoms. The number of methoxy groups -OCH3 is 2. The molecule has 2 aliphatic carbocycles. The lowest BCUT2D eigenvalue weighted by Gasteiger charge is -2.32. The maximum absolute atomic E-state index is 12.5. The molecule has 0 saturated heterocycles. The lowest BCUT2D eigenvalue weighted by atomic mass is 9.87. The molecule has 0 heterocycles. The van der Waals surface area contributed by atoms with Gasteiger partial charge in [0.2, 0.25) is 0 Å². The fourth-order valence-electron chi connectivity index (χ4n) is 3.28. The van der Waals surface area contributed by atoms with Gasteiger partial charge in [-0.25, -0.2) is 0 Å². The highest BCUT2D eigenvalue weighted by Gasteiger charge is 2.67. The molecule has 2 bridgehead atoms. The van der Waals surface area contributed by atoms with Crippen LogP contribution in [-0.4, -0.2) is 25.8 Å². The second-order valence-electron chi connectivity index (χ2n) is 4.89. The van der Waals surface area contributed by atoms with Gasteiger partial charge in [-0.05, 0) is 6.42 Å². The number of unbranched alkanes of at least 4 members (excludes halogenated alkanes) is 1. The Hall–Kier alpha value is 0.290. The van der Waals surface area contributed by atoms with E-state index in [0.717, 1.165) is 28.2 Å². The summed E-state index contributed by atoms with van der Waals surface area (Å²) in [5.74, 6) is -0.926. The third-order valence-electron chi connectivity index (χ3n) is 4.15. The summed E-state index contributed by atoms with van der Waals surface area (Å²) in [4.78, 5) is 12.5. The van der Waals surface area contributed by atoms with E-state index in [9.17, 15) is 4.79 Å². The molecule has 0 aliphatic heterocycles. The zero-order valence-electron chi connectivity index (χ0n) is 10.8. The molecule has 2 rings (SSSR count). The highest BCUT2D eigenvalue weighted by atomic mass is 79.9. The van der Waals surface area contributed by atoms with Gasteiger partial charge in [0.15, 0.2) is 5.79 Å².